The molecule has 2 aliphatic heterocycles. The van der Waals surface area contributed by atoms with Crippen molar-refractivity contribution >= 4 is 5.82 Å². The monoisotopic (exact) mass is 352 g/mol. The Labute approximate surface area is 135 Å². The zero-order valence-corrected chi connectivity index (χ0v) is 13.2. The Morgan fingerprint density at radius 2 is 1.96 bits per heavy atom. The van der Waals surface area contributed by atoms with Gasteiger partial charge in [-0.2, -0.15) is 13.2 Å². The van der Waals surface area contributed by atoms with E-state index < -0.39 is 41.9 Å². The Kier molecular flexibility index (Phi) is 3.99. The first-order valence-corrected chi connectivity index (χ1v) is 7.87. The second-order valence-electron chi connectivity index (χ2n) is 6.97. The van der Waals surface area contributed by atoms with Gasteiger partial charge in [-0.15, -0.1) is 0 Å². The molecule has 2 nitrogen and oxygen atoms in total. The summed E-state index contributed by atoms with van der Waals surface area (Å²) in [5.41, 5.74) is -1.97. The summed E-state index contributed by atoms with van der Waals surface area (Å²) in [7, 11) is 0. The van der Waals surface area contributed by atoms with E-state index >= 15 is 0 Å². The van der Waals surface area contributed by atoms with Gasteiger partial charge in [0.25, 0.3) is 5.92 Å². The summed E-state index contributed by atoms with van der Waals surface area (Å²) < 4.78 is 81.6. The van der Waals surface area contributed by atoms with Gasteiger partial charge < -0.3 is 4.90 Å². The van der Waals surface area contributed by atoms with E-state index in [0.717, 1.165) is 0 Å². The number of hydrogen-bond acceptors (Lipinski definition) is 2. The van der Waals surface area contributed by atoms with Crippen molar-refractivity contribution in [2.75, 3.05) is 11.4 Å². The van der Waals surface area contributed by atoms with Crippen molar-refractivity contribution in [3.8, 4) is 0 Å². The van der Waals surface area contributed by atoms with Gasteiger partial charge >= 0.3 is 6.18 Å². The van der Waals surface area contributed by atoms with Gasteiger partial charge in [0.2, 0.25) is 0 Å². The van der Waals surface area contributed by atoms with E-state index in [2.05, 4.69) is 4.98 Å². The van der Waals surface area contributed by atoms with E-state index in [1.54, 1.807) is 0 Å². The first-order chi connectivity index (χ1) is 11.0. The number of nitrogens with zero attached hydrogens (tertiary/aromatic N) is 2. The van der Waals surface area contributed by atoms with Crippen LogP contribution in [0.2, 0.25) is 0 Å². The fourth-order valence-corrected chi connectivity index (χ4v) is 3.72. The van der Waals surface area contributed by atoms with E-state index in [0.29, 0.717) is 12.3 Å². The highest BCUT2D eigenvalue weighted by atomic mass is 19.4. The number of piperidine rings is 1. The van der Waals surface area contributed by atoms with Crippen LogP contribution in [0, 0.1) is 11.8 Å². The molecule has 0 radical (unpaired) electrons. The van der Waals surface area contributed by atoms with Crippen LogP contribution < -0.4 is 4.90 Å². The summed E-state index contributed by atoms with van der Waals surface area (Å²) in [4.78, 5) is 5.04. The van der Waals surface area contributed by atoms with Gasteiger partial charge in [0.05, 0.1) is 17.7 Å². The highest BCUT2D eigenvalue weighted by molar-refractivity contribution is 5.55. The van der Waals surface area contributed by atoms with Crippen LogP contribution >= 0.6 is 0 Å². The Morgan fingerprint density at radius 1 is 1.29 bits per heavy atom. The number of aromatic nitrogens is 1. The van der Waals surface area contributed by atoms with Gasteiger partial charge in [-0.1, -0.05) is 13.8 Å². The average Bonchev–Trinajstić information content (AvgIpc) is 2.46. The highest BCUT2D eigenvalue weighted by Crippen LogP contribution is 2.49. The number of pyridine rings is 1. The molecular weight excluding hydrogens is 334 g/mol. The van der Waals surface area contributed by atoms with E-state index in [1.807, 2.05) is 13.8 Å². The van der Waals surface area contributed by atoms with Crippen LogP contribution in [0.1, 0.15) is 37.8 Å². The van der Waals surface area contributed by atoms with Crippen molar-refractivity contribution in [2.24, 2.45) is 11.8 Å². The SMILES string of the molecule is CC(C)C1CC2CC(F)(F)c3cc(C(F)(F)F)cnc3N2CC1F. The minimum absolute atomic E-state index is 0.0118. The zero-order valence-electron chi connectivity index (χ0n) is 13.2. The quantitative estimate of drug-likeness (QED) is 0.676. The lowest BCUT2D eigenvalue weighted by atomic mass is 9.78. The van der Waals surface area contributed by atoms with Gasteiger partial charge in [-0.25, -0.2) is 18.2 Å². The lowest BCUT2D eigenvalue weighted by molar-refractivity contribution is -0.138. The maximum atomic E-state index is 14.4. The molecule has 0 amide bonds. The van der Waals surface area contributed by atoms with Gasteiger partial charge in [-0.3, -0.25) is 0 Å². The minimum Gasteiger partial charge on any atom is -0.350 e. The number of alkyl halides is 6. The Balaban J connectivity index is 2.02. The predicted octanol–water partition coefficient (Wildman–Crippen LogP) is 4.78. The Bertz CT molecular complexity index is 627. The molecule has 1 saturated heterocycles. The van der Waals surface area contributed by atoms with Crippen LogP contribution in [0.15, 0.2) is 12.3 Å². The molecule has 3 rings (SSSR count). The molecule has 0 spiro atoms. The Hall–Kier alpha value is -1.47. The second kappa shape index (κ2) is 5.52. The van der Waals surface area contributed by atoms with Crippen LogP contribution in [0.5, 0.6) is 0 Å². The normalized spacial score (nSPS) is 29.4. The third-order valence-corrected chi connectivity index (χ3v) is 5.03. The minimum atomic E-state index is -4.75. The molecule has 0 saturated carbocycles. The number of fused-ring (bicyclic) bond motifs is 3. The van der Waals surface area contributed by atoms with Crippen molar-refractivity contribution < 1.29 is 26.3 Å². The zero-order chi connectivity index (χ0) is 17.9. The summed E-state index contributed by atoms with van der Waals surface area (Å²) in [5, 5.41) is 0. The second-order valence-corrected chi connectivity index (χ2v) is 6.97. The summed E-state index contributed by atoms with van der Waals surface area (Å²) in [6.45, 7) is 3.57. The van der Waals surface area contributed by atoms with Gasteiger partial charge in [0.15, 0.2) is 0 Å². The maximum absolute atomic E-state index is 14.4. The number of halogens is 6. The smallest absolute Gasteiger partial charge is 0.350 e. The molecule has 8 heteroatoms. The van der Waals surface area contributed by atoms with Gasteiger partial charge in [-0.05, 0) is 24.3 Å². The molecule has 2 aliphatic rings. The molecule has 0 aromatic carbocycles. The van der Waals surface area contributed by atoms with E-state index in [-0.39, 0.29) is 30.6 Å². The first-order valence-electron chi connectivity index (χ1n) is 7.87. The summed E-state index contributed by atoms with van der Waals surface area (Å²) >= 11 is 0. The van der Waals surface area contributed by atoms with Gasteiger partial charge in [0.1, 0.15) is 12.0 Å². The molecule has 0 N–H and O–H groups in total. The van der Waals surface area contributed by atoms with Crippen molar-refractivity contribution in [3.05, 3.63) is 23.4 Å². The third-order valence-electron chi connectivity index (χ3n) is 5.03. The largest absolute Gasteiger partial charge is 0.417 e. The molecule has 24 heavy (non-hydrogen) atoms. The molecule has 3 atom stereocenters. The summed E-state index contributed by atoms with van der Waals surface area (Å²) in [6, 6.07) is -0.170. The fourth-order valence-electron chi connectivity index (χ4n) is 3.72. The maximum Gasteiger partial charge on any atom is 0.417 e. The average molecular weight is 352 g/mol. The van der Waals surface area contributed by atoms with Crippen molar-refractivity contribution in [2.45, 2.75) is 51.0 Å². The van der Waals surface area contributed by atoms with Crippen LogP contribution in [0.25, 0.3) is 0 Å². The molecule has 1 fully saturated rings. The standard InChI is InChI=1S/C16H18F6N2/c1-8(2)11-4-10-5-15(18,19)12-3-9(16(20,21)22)6-23-14(12)24(10)7-13(11)17/h3,6,8,10-11,13H,4-5,7H2,1-2H3. The van der Waals surface area contributed by atoms with Crippen molar-refractivity contribution in [1.82, 2.24) is 4.98 Å². The number of anilines is 1. The Morgan fingerprint density at radius 3 is 2.54 bits per heavy atom. The van der Waals surface area contributed by atoms with Crippen LogP contribution in [-0.2, 0) is 12.1 Å². The molecule has 1 aromatic heterocycles. The first kappa shape index (κ1) is 17.4. The third kappa shape index (κ3) is 2.84. The van der Waals surface area contributed by atoms with E-state index in [4.69, 9.17) is 0 Å². The number of rotatable bonds is 1. The lowest BCUT2D eigenvalue weighted by Gasteiger charge is -2.48. The summed E-state index contributed by atoms with van der Waals surface area (Å²) in [6.07, 6.45) is -5.79. The predicted molar refractivity (Wildman–Crippen MR) is 76.7 cm³/mol. The topological polar surface area (TPSA) is 16.1 Å². The van der Waals surface area contributed by atoms with Gasteiger partial charge in [0, 0.05) is 18.7 Å². The molecule has 3 heterocycles. The van der Waals surface area contributed by atoms with Crippen molar-refractivity contribution in [1.29, 1.82) is 0 Å². The molecule has 134 valence electrons. The molecule has 3 unspecified atom stereocenters. The van der Waals surface area contributed by atoms with E-state index in [1.165, 1.54) is 4.90 Å². The number of hydrogen-bond donors (Lipinski definition) is 0. The summed E-state index contributed by atoms with van der Waals surface area (Å²) in [5.74, 6) is -3.96. The molecule has 0 bridgehead atoms. The molecular formula is C16H18F6N2. The van der Waals surface area contributed by atoms with Crippen molar-refractivity contribution in [3.63, 3.8) is 0 Å². The lowest BCUT2D eigenvalue weighted by Crippen LogP contribution is -2.54. The molecule has 0 aliphatic carbocycles. The fraction of sp³-hybridized carbons (Fsp3) is 0.688. The van der Waals surface area contributed by atoms with Crippen LogP contribution in [0.3, 0.4) is 0 Å². The molecule has 1 aromatic rings. The van der Waals surface area contributed by atoms with Crippen LogP contribution in [0.4, 0.5) is 32.2 Å². The highest BCUT2D eigenvalue weighted by Gasteiger charge is 2.50. The van der Waals surface area contributed by atoms with Crippen LogP contribution in [-0.4, -0.2) is 23.7 Å². The van der Waals surface area contributed by atoms with E-state index in [9.17, 15) is 26.3 Å².